The number of amides is 1. The number of carbonyl (C=O) groups excluding carboxylic acids is 3. The highest BCUT2D eigenvalue weighted by molar-refractivity contribution is 6.03. The lowest BCUT2D eigenvalue weighted by Crippen LogP contribution is -2.43. The van der Waals surface area contributed by atoms with Crippen LogP contribution in [0.2, 0.25) is 0 Å². The minimum Gasteiger partial charge on any atom is -0.465 e. The molecule has 1 aromatic carbocycles. The zero-order valence-corrected chi connectivity index (χ0v) is 15.7. The van der Waals surface area contributed by atoms with Gasteiger partial charge in [0.1, 0.15) is 0 Å². The summed E-state index contributed by atoms with van der Waals surface area (Å²) in [6.45, 7) is 6.32. The molecule has 1 aliphatic heterocycles. The van der Waals surface area contributed by atoms with Gasteiger partial charge in [0.05, 0.1) is 37.6 Å². The van der Waals surface area contributed by atoms with Crippen LogP contribution in [-0.4, -0.2) is 56.6 Å². The highest BCUT2D eigenvalue weighted by atomic mass is 16.5. The lowest BCUT2D eigenvalue weighted by molar-refractivity contribution is -0.117. The fraction of sp³-hybridized carbons (Fsp3) is 0.526. The molecule has 1 fully saturated rings. The highest BCUT2D eigenvalue weighted by Crippen LogP contribution is 2.22. The number of piperidine rings is 1. The molecular formula is C19H26N2O5. The number of likely N-dealkylation sites (tertiary alicyclic amines) is 1. The predicted octanol–water partition coefficient (Wildman–Crippen LogP) is 2.18. The van der Waals surface area contributed by atoms with Crippen molar-refractivity contribution >= 4 is 23.5 Å². The molecule has 7 heteroatoms. The van der Waals surface area contributed by atoms with Crippen LogP contribution >= 0.6 is 0 Å². The van der Waals surface area contributed by atoms with Crippen molar-refractivity contribution in [3.05, 3.63) is 29.3 Å². The van der Waals surface area contributed by atoms with Crippen LogP contribution in [0.4, 0.5) is 5.69 Å². The van der Waals surface area contributed by atoms with Gasteiger partial charge in [-0.05, 0) is 36.5 Å². The Bertz CT molecular complexity index is 679. The Labute approximate surface area is 153 Å². The molecule has 0 aromatic heterocycles. The summed E-state index contributed by atoms with van der Waals surface area (Å²) in [5.41, 5.74) is 0.674. The van der Waals surface area contributed by atoms with Crippen molar-refractivity contribution < 1.29 is 23.9 Å². The average molecular weight is 362 g/mol. The van der Waals surface area contributed by atoms with E-state index in [1.807, 2.05) is 0 Å². The molecule has 2 rings (SSSR count). The van der Waals surface area contributed by atoms with Crippen LogP contribution in [0.15, 0.2) is 18.2 Å². The standard InChI is InChI=1S/C19H26N2O5/c1-12-7-13(2)10-21(9-12)11-17(22)20-16-8-14(18(23)25-3)5-6-15(16)19(24)26-4/h5-6,8,12-13H,7,9-11H2,1-4H3,(H,20,22)/t12-,13-/m0/s1. The van der Waals surface area contributed by atoms with Gasteiger partial charge in [-0.25, -0.2) is 9.59 Å². The van der Waals surface area contributed by atoms with Crippen molar-refractivity contribution in [1.29, 1.82) is 0 Å². The minimum atomic E-state index is -0.586. The monoisotopic (exact) mass is 362 g/mol. The Morgan fingerprint density at radius 2 is 1.69 bits per heavy atom. The van der Waals surface area contributed by atoms with Gasteiger partial charge in [-0.1, -0.05) is 13.8 Å². The summed E-state index contributed by atoms with van der Waals surface area (Å²) in [4.78, 5) is 38.3. The number of hydrogen-bond acceptors (Lipinski definition) is 6. The number of carbonyl (C=O) groups is 3. The van der Waals surface area contributed by atoms with E-state index < -0.39 is 11.9 Å². The third-order valence-electron chi connectivity index (χ3n) is 4.43. The first kappa shape index (κ1) is 19.9. The molecule has 1 aromatic rings. The number of ether oxygens (including phenoxy) is 2. The fourth-order valence-corrected chi connectivity index (χ4v) is 3.49. The van der Waals surface area contributed by atoms with Crippen LogP contribution in [0.3, 0.4) is 0 Å². The molecular weight excluding hydrogens is 336 g/mol. The number of nitrogens with zero attached hydrogens (tertiary/aromatic N) is 1. The number of nitrogens with one attached hydrogen (secondary N) is 1. The number of anilines is 1. The molecule has 1 aliphatic rings. The molecule has 7 nitrogen and oxygen atoms in total. The highest BCUT2D eigenvalue weighted by Gasteiger charge is 2.24. The van der Waals surface area contributed by atoms with E-state index in [9.17, 15) is 14.4 Å². The molecule has 1 heterocycles. The Balaban J connectivity index is 2.16. The number of rotatable bonds is 5. The topological polar surface area (TPSA) is 84.9 Å². The third-order valence-corrected chi connectivity index (χ3v) is 4.43. The summed E-state index contributed by atoms with van der Waals surface area (Å²) in [5, 5.41) is 2.73. The summed E-state index contributed by atoms with van der Waals surface area (Å²) >= 11 is 0. The van der Waals surface area contributed by atoms with E-state index in [4.69, 9.17) is 9.47 Å². The largest absolute Gasteiger partial charge is 0.465 e. The van der Waals surface area contributed by atoms with Crippen molar-refractivity contribution in [2.75, 3.05) is 39.2 Å². The molecule has 0 saturated carbocycles. The van der Waals surface area contributed by atoms with Gasteiger partial charge in [0, 0.05) is 13.1 Å². The first-order valence-corrected chi connectivity index (χ1v) is 8.67. The van der Waals surface area contributed by atoms with Gasteiger partial charge in [0.15, 0.2) is 0 Å². The molecule has 1 saturated heterocycles. The number of hydrogen-bond donors (Lipinski definition) is 1. The molecule has 0 aliphatic carbocycles. The average Bonchev–Trinajstić information content (AvgIpc) is 2.59. The molecule has 0 spiro atoms. The lowest BCUT2D eigenvalue weighted by atomic mass is 9.92. The van der Waals surface area contributed by atoms with E-state index in [0.29, 0.717) is 11.8 Å². The van der Waals surface area contributed by atoms with Crippen molar-refractivity contribution in [2.45, 2.75) is 20.3 Å². The molecule has 0 radical (unpaired) electrons. The van der Waals surface area contributed by atoms with E-state index >= 15 is 0 Å². The van der Waals surface area contributed by atoms with E-state index in [1.165, 1.54) is 32.4 Å². The van der Waals surface area contributed by atoms with Gasteiger partial charge in [-0.2, -0.15) is 0 Å². The zero-order valence-electron chi connectivity index (χ0n) is 15.7. The number of benzene rings is 1. The summed E-state index contributed by atoms with van der Waals surface area (Å²) < 4.78 is 9.44. The van der Waals surface area contributed by atoms with Crippen LogP contribution in [0, 0.1) is 11.8 Å². The first-order chi connectivity index (χ1) is 12.3. The molecule has 0 unspecified atom stereocenters. The van der Waals surface area contributed by atoms with Gasteiger partial charge < -0.3 is 14.8 Å². The Morgan fingerprint density at radius 1 is 1.08 bits per heavy atom. The fourth-order valence-electron chi connectivity index (χ4n) is 3.49. The van der Waals surface area contributed by atoms with Gasteiger partial charge in [-0.3, -0.25) is 9.69 Å². The van der Waals surface area contributed by atoms with Gasteiger partial charge in [0.2, 0.25) is 5.91 Å². The van der Waals surface area contributed by atoms with Crippen molar-refractivity contribution in [1.82, 2.24) is 4.90 Å². The molecule has 2 atom stereocenters. The summed E-state index contributed by atoms with van der Waals surface area (Å²) in [6.07, 6.45) is 1.16. The first-order valence-electron chi connectivity index (χ1n) is 8.67. The van der Waals surface area contributed by atoms with Crippen LogP contribution in [-0.2, 0) is 14.3 Å². The predicted molar refractivity (Wildman–Crippen MR) is 97.1 cm³/mol. The molecule has 0 bridgehead atoms. The molecule has 142 valence electrons. The maximum absolute atomic E-state index is 12.5. The van der Waals surface area contributed by atoms with Gasteiger partial charge >= 0.3 is 11.9 Å². The van der Waals surface area contributed by atoms with Crippen LogP contribution < -0.4 is 5.32 Å². The SMILES string of the molecule is COC(=O)c1ccc(C(=O)OC)c(NC(=O)CN2C[C@@H](C)C[C@H](C)C2)c1. The minimum absolute atomic E-state index is 0.189. The van der Waals surface area contributed by atoms with Crippen LogP contribution in [0.25, 0.3) is 0 Å². The smallest absolute Gasteiger partial charge is 0.339 e. The van der Waals surface area contributed by atoms with E-state index in [0.717, 1.165) is 19.5 Å². The van der Waals surface area contributed by atoms with Crippen molar-refractivity contribution in [3.63, 3.8) is 0 Å². The summed E-state index contributed by atoms with van der Waals surface area (Å²) in [7, 11) is 2.53. The maximum atomic E-state index is 12.5. The Kier molecular flexibility index (Phi) is 6.74. The third kappa shape index (κ3) is 5.05. The van der Waals surface area contributed by atoms with E-state index in [2.05, 4.69) is 24.1 Å². The van der Waals surface area contributed by atoms with E-state index in [1.54, 1.807) is 0 Å². The Morgan fingerprint density at radius 3 is 2.27 bits per heavy atom. The second-order valence-electron chi connectivity index (χ2n) is 6.93. The quantitative estimate of drug-likeness (QED) is 0.808. The molecule has 1 amide bonds. The zero-order chi connectivity index (χ0) is 19.3. The van der Waals surface area contributed by atoms with Gasteiger partial charge in [0.25, 0.3) is 0 Å². The summed E-state index contributed by atoms with van der Waals surface area (Å²) in [6, 6.07) is 4.33. The normalized spacial score (nSPS) is 20.3. The number of methoxy groups -OCH3 is 2. The van der Waals surface area contributed by atoms with Crippen LogP contribution in [0.5, 0.6) is 0 Å². The Hall–Kier alpha value is -2.41. The second kappa shape index (κ2) is 8.80. The maximum Gasteiger partial charge on any atom is 0.339 e. The number of esters is 2. The molecule has 1 N–H and O–H groups in total. The summed E-state index contributed by atoms with van der Waals surface area (Å²) in [5.74, 6) is -0.286. The van der Waals surface area contributed by atoms with E-state index in [-0.39, 0.29) is 29.3 Å². The van der Waals surface area contributed by atoms with Gasteiger partial charge in [-0.15, -0.1) is 0 Å². The lowest BCUT2D eigenvalue weighted by Gasteiger charge is -2.34. The molecule has 26 heavy (non-hydrogen) atoms. The van der Waals surface area contributed by atoms with Crippen LogP contribution in [0.1, 0.15) is 41.0 Å². The second-order valence-corrected chi connectivity index (χ2v) is 6.93. The van der Waals surface area contributed by atoms with Crippen molar-refractivity contribution in [2.24, 2.45) is 11.8 Å². The van der Waals surface area contributed by atoms with Crippen molar-refractivity contribution in [3.8, 4) is 0 Å².